The molecule has 90 valence electrons. The summed E-state index contributed by atoms with van der Waals surface area (Å²) in [5, 5.41) is 3.22. The maximum absolute atomic E-state index is 13.0. The highest BCUT2D eigenvalue weighted by Gasteiger charge is 2.04. The van der Waals surface area contributed by atoms with E-state index in [1.165, 1.54) is 24.1 Å². The fourth-order valence-electron chi connectivity index (χ4n) is 1.44. The van der Waals surface area contributed by atoms with Gasteiger partial charge in [0.2, 0.25) is 0 Å². The molecule has 0 atom stereocenters. The number of halogens is 2. The van der Waals surface area contributed by atoms with Gasteiger partial charge < -0.3 is 10.1 Å². The van der Waals surface area contributed by atoms with Gasteiger partial charge in [-0.2, -0.15) is 0 Å². The lowest BCUT2D eigenvalue weighted by Crippen LogP contribution is -2.00. The van der Waals surface area contributed by atoms with Gasteiger partial charge in [-0.25, -0.2) is 4.39 Å². The van der Waals surface area contributed by atoms with E-state index in [1.54, 1.807) is 17.4 Å². The van der Waals surface area contributed by atoms with E-state index in [4.69, 9.17) is 4.74 Å². The van der Waals surface area contributed by atoms with E-state index in [2.05, 4.69) is 21.2 Å². The standard InChI is InChI=1S/C12H11BrFNOS/c1-16-11-6-8(14)2-4-10(11)15-7-9-3-5-12(13)17-9/h2-6,15H,7H2,1H3. The summed E-state index contributed by atoms with van der Waals surface area (Å²) < 4.78 is 19.2. The minimum atomic E-state index is -0.300. The lowest BCUT2D eigenvalue weighted by Gasteiger charge is -2.10. The molecular weight excluding hydrogens is 305 g/mol. The van der Waals surface area contributed by atoms with Gasteiger partial charge in [0.05, 0.1) is 16.6 Å². The molecule has 0 fully saturated rings. The first-order valence-electron chi connectivity index (χ1n) is 5.00. The minimum absolute atomic E-state index is 0.300. The second kappa shape index (κ2) is 5.51. The van der Waals surface area contributed by atoms with Crippen molar-refractivity contribution in [3.8, 4) is 5.75 Å². The second-order valence-corrected chi connectivity index (χ2v) is 5.95. The molecule has 1 N–H and O–H groups in total. The van der Waals surface area contributed by atoms with Crippen molar-refractivity contribution in [2.75, 3.05) is 12.4 Å². The molecule has 0 amide bonds. The first kappa shape index (κ1) is 12.4. The van der Waals surface area contributed by atoms with Crippen LogP contribution in [0, 0.1) is 5.82 Å². The normalized spacial score (nSPS) is 10.3. The largest absolute Gasteiger partial charge is 0.494 e. The predicted molar refractivity (Wildman–Crippen MR) is 72.3 cm³/mol. The third-order valence-electron chi connectivity index (χ3n) is 2.25. The van der Waals surface area contributed by atoms with Crippen LogP contribution in [-0.4, -0.2) is 7.11 Å². The van der Waals surface area contributed by atoms with Crippen molar-refractivity contribution in [3.63, 3.8) is 0 Å². The molecule has 0 bridgehead atoms. The lowest BCUT2D eigenvalue weighted by molar-refractivity contribution is 0.413. The molecule has 0 aliphatic carbocycles. The summed E-state index contributed by atoms with van der Waals surface area (Å²) in [4.78, 5) is 1.20. The summed E-state index contributed by atoms with van der Waals surface area (Å²) in [6, 6.07) is 8.50. The third kappa shape index (κ3) is 3.20. The van der Waals surface area contributed by atoms with Gasteiger partial charge in [-0.05, 0) is 40.2 Å². The van der Waals surface area contributed by atoms with Crippen molar-refractivity contribution in [2.24, 2.45) is 0 Å². The summed E-state index contributed by atoms with van der Waals surface area (Å²) in [5.41, 5.74) is 0.790. The van der Waals surface area contributed by atoms with Crippen LogP contribution < -0.4 is 10.1 Å². The van der Waals surface area contributed by atoms with Crippen molar-refractivity contribution in [1.82, 2.24) is 0 Å². The number of hydrogen-bond acceptors (Lipinski definition) is 3. The zero-order valence-corrected chi connectivity index (χ0v) is 11.6. The Morgan fingerprint density at radius 2 is 2.18 bits per heavy atom. The fraction of sp³-hybridized carbons (Fsp3) is 0.167. The maximum Gasteiger partial charge on any atom is 0.144 e. The van der Waals surface area contributed by atoms with E-state index in [0.717, 1.165) is 9.47 Å². The number of thiophene rings is 1. The molecule has 1 heterocycles. The predicted octanol–water partition coefficient (Wildman–Crippen LogP) is 4.27. The zero-order chi connectivity index (χ0) is 12.3. The van der Waals surface area contributed by atoms with Gasteiger partial charge in [0, 0.05) is 17.5 Å². The summed E-state index contributed by atoms with van der Waals surface area (Å²) in [6.45, 7) is 0.693. The number of nitrogens with one attached hydrogen (secondary N) is 1. The van der Waals surface area contributed by atoms with E-state index in [-0.39, 0.29) is 5.82 Å². The van der Waals surface area contributed by atoms with Crippen molar-refractivity contribution in [2.45, 2.75) is 6.54 Å². The van der Waals surface area contributed by atoms with Crippen molar-refractivity contribution in [1.29, 1.82) is 0 Å². The highest BCUT2D eigenvalue weighted by atomic mass is 79.9. The molecule has 0 saturated carbocycles. The summed E-state index contributed by atoms with van der Waals surface area (Å²) in [7, 11) is 1.53. The van der Waals surface area contributed by atoms with E-state index in [0.29, 0.717) is 12.3 Å². The van der Waals surface area contributed by atoms with Crippen LogP contribution >= 0.6 is 27.3 Å². The van der Waals surface area contributed by atoms with Crippen LogP contribution in [0.25, 0.3) is 0 Å². The molecule has 0 spiro atoms. The van der Waals surface area contributed by atoms with Gasteiger partial charge in [-0.15, -0.1) is 11.3 Å². The SMILES string of the molecule is COc1cc(F)ccc1NCc1ccc(Br)s1. The first-order valence-corrected chi connectivity index (χ1v) is 6.61. The molecular formula is C12H11BrFNOS. The van der Waals surface area contributed by atoms with Crippen LogP contribution in [0.1, 0.15) is 4.88 Å². The Balaban J connectivity index is 2.08. The number of methoxy groups -OCH3 is 1. The fourth-order valence-corrected chi connectivity index (χ4v) is 2.86. The Morgan fingerprint density at radius 1 is 1.35 bits per heavy atom. The Morgan fingerprint density at radius 3 is 2.82 bits per heavy atom. The molecule has 1 aromatic carbocycles. The molecule has 0 aliphatic rings. The molecule has 2 rings (SSSR count). The van der Waals surface area contributed by atoms with Gasteiger partial charge in [-0.1, -0.05) is 0 Å². The lowest BCUT2D eigenvalue weighted by atomic mass is 10.3. The highest BCUT2D eigenvalue weighted by molar-refractivity contribution is 9.11. The summed E-state index contributed by atoms with van der Waals surface area (Å²) in [5.74, 6) is 0.215. The smallest absolute Gasteiger partial charge is 0.144 e. The minimum Gasteiger partial charge on any atom is -0.494 e. The molecule has 2 nitrogen and oxygen atoms in total. The number of benzene rings is 1. The molecule has 5 heteroatoms. The molecule has 0 saturated heterocycles. The average Bonchev–Trinajstić information content (AvgIpc) is 2.73. The van der Waals surface area contributed by atoms with E-state index >= 15 is 0 Å². The number of rotatable bonds is 4. The van der Waals surface area contributed by atoms with Gasteiger partial charge in [0.1, 0.15) is 11.6 Å². The van der Waals surface area contributed by atoms with Crippen molar-refractivity contribution >= 4 is 33.0 Å². The third-order valence-corrected chi connectivity index (χ3v) is 3.87. The Kier molecular flexibility index (Phi) is 4.02. The molecule has 0 unspecified atom stereocenters. The monoisotopic (exact) mass is 315 g/mol. The highest BCUT2D eigenvalue weighted by Crippen LogP contribution is 2.27. The molecule has 0 radical (unpaired) electrons. The second-order valence-electron chi connectivity index (χ2n) is 3.40. The van der Waals surface area contributed by atoms with Gasteiger partial charge in [0.15, 0.2) is 0 Å². The summed E-state index contributed by atoms with van der Waals surface area (Å²) >= 11 is 5.08. The Labute approximate surface area is 112 Å². The molecule has 0 aliphatic heterocycles. The van der Waals surface area contributed by atoms with Gasteiger partial charge >= 0.3 is 0 Å². The average molecular weight is 316 g/mol. The van der Waals surface area contributed by atoms with Crippen LogP contribution in [0.4, 0.5) is 10.1 Å². The molecule has 2 aromatic rings. The first-order chi connectivity index (χ1) is 8.19. The van der Waals surface area contributed by atoms with Crippen LogP contribution in [0.5, 0.6) is 5.75 Å². The van der Waals surface area contributed by atoms with Crippen molar-refractivity contribution in [3.05, 3.63) is 44.8 Å². The summed E-state index contributed by atoms with van der Waals surface area (Å²) in [6.07, 6.45) is 0. The maximum atomic E-state index is 13.0. The number of ether oxygens (including phenoxy) is 1. The van der Waals surface area contributed by atoms with E-state index in [1.807, 2.05) is 12.1 Å². The quantitative estimate of drug-likeness (QED) is 0.909. The van der Waals surface area contributed by atoms with Gasteiger partial charge in [0.25, 0.3) is 0 Å². The topological polar surface area (TPSA) is 21.3 Å². The number of anilines is 1. The van der Waals surface area contributed by atoms with Crippen LogP contribution in [0.3, 0.4) is 0 Å². The number of hydrogen-bond donors (Lipinski definition) is 1. The Hall–Kier alpha value is -1.07. The van der Waals surface area contributed by atoms with Crippen LogP contribution in [0.15, 0.2) is 34.1 Å². The van der Waals surface area contributed by atoms with Crippen LogP contribution in [-0.2, 0) is 6.54 Å². The van der Waals surface area contributed by atoms with E-state index in [9.17, 15) is 4.39 Å². The Bertz CT molecular complexity index is 515. The van der Waals surface area contributed by atoms with Crippen molar-refractivity contribution < 1.29 is 9.13 Å². The molecule has 17 heavy (non-hydrogen) atoms. The zero-order valence-electron chi connectivity index (χ0n) is 9.17. The van der Waals surface area contributed by atoms with Crippen LogP contribution in [0.2, 0.25) is 0 Å². The van der Waals surface area contributed by atoms with E-state index < -0.39 is 0 Å². The molecule has 1 aromatic heterocycles. The van der Waals surface area contributed by atoms with Gasteiger partial charge in [-0.3, -0.25) is 0 Å².